The third kappa shape index (κ3) is 3.88. The Morgan fingerprint density at radius 2 is 1.85 bits per heavy atom. The minimum absolute atomic E-state index is 0.00921. The summed E-state index contributed by atoms with van der Waals surface area (Å²) in [5.74, 6) is -0.810. The lowest BCUT2D eigenvalue weighted by atomic mass is 10.2. The van der Waals surface area contributed by atoms with Crippen LogP contribution < -0.4 is 4.74 Å². The first-order valence-corrected chi connectivity index (χ1v) is 6.50. The van der Waals surface area contributed by atoms with Gasteiger partial charge in [0.05, 0.1) is 12.2 Å². The smallest absolute Gasteiger partial charge is 0.415 e. The van der Waals surface area contributed by atoms with Gasteiger partial charge in [-0.1, -0.05) is 0 Å². The summed E-state index contributed by atoms with van der Waals surface area (Å²) in [4.78, 5) is 24.7. The summed E-state index contributed by atoms with van der Waals surface area (Å²) < 4.78 is 9.88. The molecule has 20 heavy (non-hydrogen) atoms. The van der Waals surface area contributed by atoms with E-state index >= 15 is 0 Å². The molecule has 0 bridgehead atoms. The Labute approximate surface area is 117 Å². The maximum absolute atomic E-state index is 11.7. The molecule has 1 amide bonds. The van der Waals surface area contributed by atoms with Crippen LogP contribution in [0.4, 0.5) is 4.79 Å². The van der Waals surface area contributed by atoms with Gasteiger partial charge in [-0.15, -0.1) is 0 Å². The maximum Gasteiger partial charge on any atom is 0.415 e. The fourth-order valence-electron chi connectivity index (χ4n) is 1.59. The van der Waals surface area contributed by atoms with Gasteiger partial charge in [0.2, 0.25) is 0 Å². The molecule has 1 aromatic rings. The normalized spacial score (nSPS) is 9.95. The van der Waals surface area contributed by atoms with Crippen LogP contribution in [-0.4, -0.2) is 41.8 Å². The zero-order chi connectivity index (χ0) is 15.1. The highest BCUT2D eigenvalue weighted by molar-refractivity contribution is 5.90. The van der Waals surface area contributed by atoms with E-state index in [9.17, 15) is 14.7 Å². The highest BCUT2D eigenvalue weighted by atomic mass is 16.6. The zero-order valence-corrected chi connectivity index (χ0v) is 11.9. The summed E-state index contributed by atoms with van der Waals surface area (Å²) in [6.07, 6.45) is -0.547. The molecule has 0 radical (unpaired) electrons. The topological polar surface area (TPSA) is 76.1 Å². The molecule has 1 N–H and O–H groups in total. The quantitative estimate of drug-likeness (QED) is 0.839. The van der Waals surface area contributed by atoms with Crippen LogP contribution in [-0.2, 0) is 4.74 Å². The number of nitrogens with zero attached hydrogens (tertiary/aromatic N) is 1. The van der Waals surface area contributed by atoms with E-state index in [2.05, 4.69) is 0 Å². The first-order valence-electron chi connectivity index (χ1n) is 6.50. The molecule has 6 heteroatoms. The SMILES string of the molecule is CCOC(=O)c1ccc(OC(=O)N(CC)CC)c(O)c1. The van der Waals surface area contributed by atoms with Gasteiger partial charge in [-0.25, -0.2) is 9.59 Å². The Hall–Kier alpha value is -2.24. The number of phenolic OH excluding ortho intramolecular Hbond substituents is 1. The molecule has 0 fully saturated rings. The lowest BCUT2D eigenvalue weighted by Gasteiger charge is -2.18. The first kappa shape index (κ1) is 15.8. The summed E-state index contributed by atoms with van der Waals surface area (Å²) in [7, 11) is 0. The van der Waals surface area contributed by atoms with Gasteiger partial charge in [-0.05, 0) is 39.0 Å². The van der Waals surface area contributed by atoms with Gasteiger partial charge in [-0.2, -0.15) is 0 Å². The molecule has 0 saturated carbocycles. The minimum Gasteiger partial charge on any atom is -0.504 e. The summed E-state index contributed by atoms with van der Waals surface area (Å²) in [5.41, 5.74) is 0.201. The largest absolute Gasteiger partial charge is 0.504 e. The van der Waals surface area contributed by atoms with Crippen molar-refractivity contribution in [1.82, 2.24) is 4.90 Å². The number of carbonyl (C=O) groups is 2. The Morgan fingerprint density at radius 1 is 1.20 bits per heavy atom. The van der Waals surface area contributed by atoms with Crippen molar-refractivity contribution in [3.8, 4) is 11.5 Å². The summed E-state index contributed by atoms with van der Waals surface area (Å²) in [5, 5.41) is 9.78. The monoisotopic (exact) mass is 281 g/mol. The molecule has 0 heterocycles. The number of rotatable bonds is 5. The Kier molecular flexibility index (Phi) is 5.83. The molecule has 6 nitrogen and oxygen atoms in total. The van der Waals surface area contributed by atoms with Crippen LogP contribution in [0.25, 0.3) is 0 Å². The number of esters is 1. The molecular weight excluding hydrogens is 262 g/mol. The Balaban J connectivity index is 2.83. The van der Waals surface area contributed by atoms with E-state index in [0.29, 0.717) is 13.1 Å². The van der Waals surface area contributed by atoms with Gasteiger partial charge in [0.25, 0.3) is 0 Å². The van der Waals surface area contributed by atoms with Crippen molar-refractivity contribution < 1.29 is 24.2 Å². The first-order chi connectivity index (χ1) is 9.53. The van der Waals surface area contributed by atoms with Gasteiger partial charge in [0.15, 0.2) is 11.5 Å². The molecule has 0 unspecified atom stereocenters. The molecule has 0 aromatic heterocycles. The predicted molar refractivity (Wildman–Crippen MR) is 73.0 cm³/mol. The van der Waals surface area contributed by atoms with Crippen molar-refractivity contribution in [3.05, 3.63) is 23.8 Å². The van der Waals surface area contributed by atoms with Crippen molar-refractivity contribution in [1.29, 1.82) is 0 Å². The van der Waals surface area contributed by atoms with Crippen LogP contribution in [0.2, 0.25) is 0 Å². The highest BCUT2D eigenvalue weighted by Crippen LogP contribution is 2.27. The third-order valence-corrected chi connectivity index (χ3v) is 2.69. The van der Waals surface area contributed by atoms with Crippen LogP contribution in [0.1, 0.15) is 31.1 Å². The van der Waals surface area contributed by atoms with Crippen molar-refractivity contribution in [3.63, 3.8) is 0 Å². The number of hydrogen-bond acceptors (Lipinski definition) is 5. The molecule has 110 valence electrons. The van der Waals surface area contributed by atoms with Crippen LogP contribution in [0, 0.1) is 0 Å². The lowest BCUT2D eigenvalue weighted by molar-refractivity contribution is 0.0526. The van der Waals surface area contributed by atoms with Crippen molar-refractivity contribution in [2.75, 3.05) is 19.7 Å². The van der Waals surface area contributed by atoms with Crippen molar-refractivity contribution in [2.45, 2.75) is 20.8 Å². The van der Waals surface area contributed by atoms with Crippen molar-refractivity contribution >= 4 is 12.1 Å². The van der Waals surface area contributed by atoms with Crippen LogP contribution in [0.5, 0.6) is 11.5 Å². The van der Waals surface area contributed by atoms with E-state index in [1.54, 1.807) is 6.92 Å². The lowest BCUT2D eigenvalue weighted by Crippen LogP contribution is -2.33. The van der Waals surface area contributed by atoms with Gasteiger partial charge in [-0.3, -0.25) is 0 Å². The highest BCUT2D eigenvalue weighted by Gasteiger charge is 2.16. The van der Waals surface area contributed by atoms with Crippen molar-refractivity contribution in [2.24, 2.45) is 0 Å². The van der Waals surface area contributed by atoms with Crippen LogP contribution in [0.3, 0.4) is 0 Å². The number of hydrogen-bond donors (Lipinski definition) is 1. The Bertz CT molecular complexity index is 482. The summed E-state index contributed by atoms with van der Waals surface area (Å²) in [6.45, 7) is 6.62. The van der Waals surface area contributed by atoms with Crippen LogP contribution in [0.15, 0.2) is 18.2 Å². The predicted octanol–water partition coefficient (Wildman–Crippen LogP) is 2.41. The number of ether oxygens (including phenoxy) is 2. The number of carbonyl (C=O) groups excluding carboxylic acids is 2. The average molecular weight is 281 g/mol. The van der Waals surface area contributed by atoms with E-state index in [1.165, 1.54) is 23.1 Å². The second-order valence-corrected chi connectivity index (χ2v) is 3.94. The standard InChI is InChI=1S/C14H19NO5/c1-4-15(5-2)14(18)20-12-8-7-10(9-11(12)16)13(17)19-6-3/h7-9,16H,4-6H2,1-3H3. The van der Waals surface area contributed by atoms with Crippen LogP contribution >= 0.6 is 0 Å². The van der Waals surface area contributed by atoms with E-state index < -0.39 is 12.1 Å². The fraction of sp³-hybridized carbons (Fsp3) is 0.429. The van der Waals surface area contributed by atoms with Gasteiger partial charge < -0.3 is 19.5 Å². The average Bonchev–Trinajstić information content (AvgIpc) is 2.42. The summed E-state index contributed by atoms with van der Waals surface area (Å²) >= 11 is 0. The van der Waals surface area contributed by atoms with Gasteiger partial charge in [0, 0.05) is 13.1 Å². The second kappa shape index (κ2) is 7.37. The van der Waals surface area contributed by atoms with E-state index in [4.69, 9.17) is 9.47 Å². The zero-order valence-electron chi connectivity index (χ0n) is 11.9. The molecular formula is C14H19NO5. The maximum atomic E-state index is 11.7. The number of benzene rings is 1. The van der Waals surface area contributed by atoms with E-state index in [1.807, 2.05) is 13.8 Å². The molecule has 1 aromatic carbocycles. The van der Waals surface area contributed by atoms with Gasteiger partial charge in [0.1, 0.15) is 0 Å². The van der Waals surface area contributed by atoms with E-state index in [0.717, 1.165) is 0 Å². The third-order valence-electron chi connectivity index (χ3n) is 2.69. The number of amides is 1. The summed E-state index contributed by atoms with van der Waals surface area (Å²) in [6, 6.07) is 4.01. The van der Waals surface area contributed by atoms with E-state index in [-0.39, 0.29) is 23.7 Å². The number of phenols is 1. The van der Waals surface area contributed by atoms with Gasteiger partial charge >= 0.3 is 12.1 Å². The number of aromatic hydroxyl groups is 1. The molecule has 0 aliphatic rings. The molecule has 0 spiro atoms. The molecule has 1 rings (SSSR count). The second-order valence-electron chi connectivity index (χ2n) is 3.94. The molecule has 0 aliphatic heterocycles. The fourth-order valence-corrected chi connectivity index (χ4v) is 1.59. The molecule has 0 aliphatic carbocycles. The minimum atomic E-state index is -0.547. The molecule has 0 saturated heterocycles. The Morgan fingerprint density at radius 3 is 2.35 bits per heavy atom. The molecule has 0 atom stereocenters.